The second kappa shape index (κ2) is 10.6. The number of halogens is 2. The van der Waals surface area contributed by atoms with E-state index >= 15 is 0 Å². The van der Waals surface area contributed by atoms with Crippen LogP contribution in [0.3, 0.4) is 0 Å². The summed E-state index contributed by atoms with van der Waals surface area (Å²) in [5.74, 6) is 0. The van der Waals surface area contributed by atoms with Gasteiger partial charge in [-0.05, 0) is 55.3 Å². The number of para-hydroxylation sites is 2. The van der Waals surface area contributed by atoms with Crippen LogP contribution < -0.4 is 26.4 Å². The highest BCUT2D eigenvalue weighted by Crippen LogP contribution is 2.32. The lowest BCUT2D eigenvalue weighted by molar-refractivity contribution is -0.667. The third-order valence-electron chi connectivity index (χ3n) is 5.44. The number of rotatable bonds is 5. The van der Waals surface area contributed by atoms with Gasteiger partial charge >= 0.3 is 0 Å². The van der Waals surface area contributed by atoms with Crippen molar-refractivity contribution in [2.45, 2.75) is 20.4 Å². The summed E-state index contributed by atoms with van der Waals surface area (Å²) in [6.07, 6.45) is 14.5. The maximum absolute atomic E-state index is 6.53. The molecular formula is C27H26BrClN2. The van der Waals surface area contributed by atoms with Crippen LogP contribution >= 0.6 is 11.6 Å². The Bertz CT molecular complexity index is 1190. The number of fused-ring (bicyclic) bond motifs is 2. The molecule has 0 saturated heterocycles. The Labute approximate surface area is 200 Å². The van der Waals surface area contributed by atoms with E-state index in [4.69, 9.17) is 11.6 Å². The Morgan fingerprint density at radius 3 is 2.61 bits per heavy atom. The molecular weight excluding hydrogens is 468 g/mol. The minimum absolute atomic E-state index is 0. The molecule has 2 heterocycles. The fourth-order valence-corrected chi connectivity index (χ4v) is 3.98. The van der Waals surface area contributed by atoms with Crippen molar-refractivity contribution in [3.8, 4) is 0 Å². The van der Waals surface area contributed by atoms with Crippen LogP contribution in [0.5, 0.6) is 0 Å². The molecule has 0 spiro atoms. The number of anilines is 1. The Balaban J connectivity index is 0.00000272. The van der Waals surface area contributed by atoms with Crippen LogP contribution in [-0.4, -0.2) is 6.54 Å². The quantitative estimate of drug-likeness (QED) is 0.388. The molecule has 0 fully saturated rings. The number of hydrogen-bond donors (Lipinski definition) is 0. The summed E-state index contributed by atoms with van der Waals surface area (Å²) >= 11 is 6.53. The largest absolute Gasteiger partial charge is 1.00 e. The van der Waals surface area contributed by atoms with Crippen molar-refractivity contribution in [3.63, 3.8) is 0 Å². The maximum atomic E-state index is 6.53. The molecule has 4 rings (SSSR count). The van der Waals surface area contributed by atoms with Crippen molar-refractivity contribution >= 4 is 39.8 Å². The number of hydrogen-bond acceptors (Lipinski definition) is 1. The van der Waals surface area contributed by atoms with Gasteiger partial charge in [0.25, 0.3) is 0 Å². The molecule has 0 N–H and O–H groups in total. The molecule has 31 heavy (non-hydrogen) atoms. The summed E-state index contributed by atoms with van der Waals surface area (Å²) in [7, 11) is 0. The number of pyridine rings is 1. The number of aromatic nitrogens is 1. The Morgan fingerprint density at radius 2 is 1.81 bits per heavy atom. The minimum Gasteiger partial charge on any atom is -1.00 e. The first kappa shape index (κ1) is 23.1. The summed E-state index contributed by atoms with van der Waals surface area (Å²) in [4.78, 5) is 2.25. The Hall–Kier alpha value is -2.62. The number of nitrogens with zero attached hydrogens (tertiary/aromatic N) is 2. The molecule has 2 aromatic carbocycles. The summed E-state index contributed by atoms with van der Waals surface area (Å²) < 4.78 is 2.25. The molecule has 1 aliphatic rings. The van der Waals surface area contributed by atoms with Gasteiger partial charge in [0.15, 0.2) is 6.20 Å². The molecule has 1 aromatic heterocycles. The van der Waals surface area contributed by atoms with Gasteiger partial charge in [0.2, 0.25) is 5.52 Å². The first-order chi connectivity index (χ1) is 14.7. The molecule has 0 radical (unpaired) electrons. The van der Waals surface area contributed by atoms with E-state index in [1.54, 1.807) is 0 Å². The van der Waals surface area contributed by atoms with Crippen LogP contribution in [0, 0.1) is 0 Å². The van der Waals surface area contributed by atoms with Crippen molar-refractivity contribution in [1.29, 1.82) is 0 Å². The van der Waals surface area contributed by atoms with E-state index in [1.165, 1.54) is 22.2 Å². The van der Waals surface area contributed by atoms with Crippen LogP contribution in [0.1, 0.15) is 25.0 Å². The van der Waals surface area contributed by atoms with Gasteiger partial charge in [0.05, 0.1) is 5.39 Å². The molecule has 0 saturated carbocycles. The van der Waals surface area contributed by atoms with E-state index in [0.717, 1.165) is 24.2 Å². The minimum atomic E-state index is 0. The molecule has 2 nitrogen and oxygen atoms in total. The molecule has 3 aromatic rings. The standard InChI is InChI=1S/C27H26ClN2.BrH/c1-3-29-19-17-21(24-9-5-7-11-26(24)29)13-15-23(28)16-14-22-18-20-30(4-2)27-12-8-6-10-25(22)27;/h5-20H,3-4H2,1-2H3;1H/q+1;/p-1. The SMILES string of the molecule is CCN1C=CC(=CC=C(Cl)C=Cc2cc[n+](CC)c3ccccc23)c2ccccc21.[Br-]. The number of allylic oxidation sites excluding steroid dienone is 6. The first-order valence-corrected chi connectivity index (χ1v) is 10.8. The lowest BCUT2D eigenvalue weighted by atomic mass is 9.99. The third-order valence-corrected chi connectivity index (χ3v) is 5.69. The van der Waals surface area contributed by atoms with E-state index in [-0.39, 0.29) is 17.0 Å². The van der Waals surface area contributed by atoms with E-state index < -0.39 is 0 Å². The summed E-state index contributed by atoms with van der Waals surface area (Å²) in [5, 5.41) is 1.92. The van der Waals surface area contributed by atoms with Gasteiger partial charge in [-0.3, -0.25) is 0 Å². The zero-order valence-electron chi connectivity index (χ0n) is 17.8. The fourth-order valence-electron chi connectivity index (χ4n) is 3.85. The first-order valence-electron chi connectivity index (χ1n) is 10.4. The highest BCUT2D eigenvalue weighted by molar-refractivity contribution is 6.31. The van der Waals surface area contributed by atoms with E-state index in [1.807, 2.05) is 12.2 Å². The van der Waals surface area contributed by atoms with Crippen LogP contribution in [0.25, 0.3) is 22.6 Å². The van der Waals surface area contributed by atoms with E-state index in [9.17, 15) is 0 Å². The van der Waals surface area contributed by atoms with Gasteiger partial charge in [0, 0.05) is 41.2 Å². The third kappa shape index (κ3) is 5.00. The van der Waals surface area contributed by atoms with Crippen LogP contribution in [0.4, 0.5) is 5.69 Å². The zero-order chi connectivity index (χ0) is 20.9. The summed E-state index contributed by atoms with van der Waals surface area (Å²) in [5.41, 5.74) is 6.01. The second-order valence-corrected chi connectivity index (χ2v) is 7.64. The average molecular weight is 494 g/mol. The van der Waals surface area contributed by atoms with Crippen LogP contribution in [0.15, 0.2) is 96.3 Å². The summed E-state index contributed by atoms with van der Waals surface area (Å²) in [6.45, 7) is 6.21. The van der Waals surface area contributed by atoms with Gasteiger partial charge in [-0.1, -0.05) is 54.1 Å². The molecule has 0 bridgehead atoms. The van der Waals surface area contributed by atoms with Crippen molar-refractivity contribution in [3.05, 3.63) is 107 Å². The normalized spacial score (nSPS) is 14.9. The van der Waals surface area contributed by atoms with Gasteiger partial charge in [0.1, 0.15) is 6.54 Å². The second-order valence-electron chi connectivity index (χ2n) is 7.20. The molecule has 0 aliphatic carbocycles. The lowest BCUT2D eigenvalue weighted by Crippen LogP contribution is -3.00. The molecule has 4 heteroatoms. The van der Waals surface area contributed by atoms with Crippen molar-refractivity contribution in [2.75, 3.05) is 11.4 Å². The highest BCUT2D eigenvalue weighted by atomic mass is 79.9. The monoisotopic (exact) mass is 492 g/mol. The average Bonchev–Trinajstić information content (AvgIpc) is 2.80. The van der Waals surface area contributed by atoms with E-state index in [2.05, 4.69) is 109 Å². The number of aryl methyl sites for hydroxylation is 1. The number of benzene rings is 2. The predicted molar refractivity (Wildman–Crippen MR) is 129 cm³/mol. The lowest BCUT2D eigenvalue weighted by Gasteiger charge is -2.26. The van der Waals surface area contributed by atoms with Crippen molar-refractivity contribution < 1.29 is 21.5 Å². The molecule has 1 aliphatic heterocycles. The van der Waals surface area contributed by atoms with Gasteiger partial charge in [-0.25, -0.2) is 0 Å². The zero-order valence-corrected chi connectivity index (χ0v) is 20.1. The molecule has 0 atom stereocenters. The Morgan fingerprint density at radius 1 is 1.03 bits per heavy atom. The summed E-state index contributed by atoms with van der Waals surface area (Å²) in [6, 6.07) is 19.1. The van der Waals surface area contributed by atoms with E-state index in [0.29, 0.717) is 5.03 Å². The predicted octanol–water partition coefficient (Wildman–Crippen LogP) is 3.72. The van der Waals surface area contributed by atoms with Crippen LogP contribution in [-0.2, 0) is 6.54 Å². The molecule has 158 valence electrons. The fraction of sp³-hybridized carbons (Fsp3) is 0.148. The molecule has 0 unspecified atom stereocenters. The topological polar surface area (TPSA) is 7.12 Å². The van der Waals surface area contributed by atoms with Gasteiger partial charge < -0.3 is 21.9 Å². The van der Waals surface area contributed by atoms with Crippen molar-refractivity contribution in [2.24, 2.45) is 0 Å². The van der Waals surface area contributed by atoms with Crippen LogP contribution in [0.2, 0.25) is 0 Å². The molecule has 0 amide bonds. The maximum Gasteiger partial charge on any atom is 0.213 e. The van der Waals surface area contributed by atoms with Gasteiger partial charge in [-0.15, -0.1) is 0 Å². The van der Waals surface area contributed by atoms with Gasteiger partial charge in [-0.2, -0.15) is 4.57 Å². The Kier molecular flexibility index (Phi) is 7.89. The highest BCUT2D eigenvalue weighted by Gasteiger charge is 2.13. The van der Waals surface area contributed by atoms with Crippen molar-refractivity contribution in [1.82, 2.24) is 0 Å². The smallest absolute Gasteiger partial charge is 0.213 e.